The van der Waals surface area contributed by atoms with Gasteiger partial charge in [0.05, 0.1) is 5.57 Å². The molecule has 0 aromatic heterocycles. The van der Waals surface area contributed by atoms with Gasteiger partial charge < -0.3 is 15.5 Å². The summed E-state index contributed by atoms with van der Waals surface area (Å²) in [6, 6.07) is 13.9. The van der Waals surface area contributed by atoms with Crippen LogP contribution in [0.15, 0.2) is 48.7 Å². The standard InChI is InChI=1S/C24H28ClN3O/c25-19-9-12-23-21(16-19)22(24(29)27-23)17-26-20-10-7-18(8-11-20)6-2-5-15-28-13-3-1-4-14-28/h7-12,16-17,26H,1-6,13-15H2,(H,27,29)/b22-17+. The molecule has 0 atom stereocenters. The second-order valence-corrected chi connectivity index (χ2v) is 8.34. The monoisotopic (exact) mass is 409 g/mol. The highest BCUT2D eigenvalue weighted by atomic mass is 35.5. The Labute approximate surface area is 177 Å². The van der Waals surface area contributed by atoms with Gasteiger partial charge in [0.2, 0.25) is 0 Å². The van der Waals surface area contributed by atoms with Crippen molar-refractivity contribution in [2.45, 2.75) is 38.5 Å². The molecule has 2 N–H and O–H groups in total. The van der Waals surface area contributed by atoms with Gasteiger partial charge >= 0.3 is 0 Å². The number of nitrogens with one attached hydrogen (secondary N) is 2. The summed E-state index contributed by atoms with van der Waals surface area (Å²) >= 11 is 6.08. The number of rotatable bonds is 7. The van der Waals surface area contributed by atoms with E-state index in [1.807, 2.05) is 12.1 Å². The molecule has 0 bridgehead atoms. The van der Waals surface area contributed by atoms with Gasteiger partial charge in [0.15, 0.2) is 0 Å². The van der Waals surface area contributed by atoms with Crippen molar-refractivity contribution in [3.05, 3.63) is 64.8 Å². The lowest BCUT2D eigenvalue weighted by molar-refractivity contribution is -0.110. The molecule has 2 aliphatic rings. The lowest BCUT2D eigenvalue weighted by Crippen LogP contribution is -2.30. The van der Waals surface area contributed by atoms with E-state index in [1.165, 1.54) is 57.3 Å². The summed E-state index contributed by atoms with van der Waals surface area (Å²) in [4.78, 5) is 14.8. The van der Waals surface area contributed by atoms with Crippen molar-refractivity contribution >= 4 is 34.5 Å². The van der Waals surface area contributed by atoms with Gasteiger partial charge in [-0.05, 0) is 87.6 Å². The number of nitrogens with zero attached hydrogens (tertiary/aromatic N) is 1. The number of likely N-dealkylation sites (tertiary alicyclic amines) is 1. The van der Waals surface area contributed by atoms with Crippen LogP contribution in [0.2, 0.25) is 5.02 Å². The van der Waals surface area contributed by atoms with Crippen LogP contribution in [0.4, 0.5) is 11.4 Å². The molecule has 29 heavy (non-hydrogen) atoms. The molecule has 0 saturated carbocycles. The van der Waals surface area contributed by atoms with E-state index in [2.05, 4.69) is 39.8 Å². The van der Waals surface area contributed by atoms with Gasteiger partial charge in [0, 0.05) is 28.2 Å². The van der Waals surface area contributed by atoms with Gasteiger partial charge in [0.1, 0.15) is 0 Å². The SMILES string of the molecule is O=C1Nc2ccc(Cl)cc2/C1=C\Nc1ccc(CCCCN2CCCCC2)cc1. The molecule has 2 aromatic carbocycles. The van der Waals surface area contributed by atoms with E-state index < -0.39 is 0 Å². The summed E-state index contributed by atoms with van der Waals surface area (Å²) in [7, 11) is 0. The third kappa shape index (κ3) is 5.20. The van der Waals surface area contributed by atoms with Crippen LogP contribution in [0.5, 0.6) is 0 Å². The topological polar surface area (TPSA) is 44.4 Å². The largest absolute Gasteiger partial charge is 0.361 e. The lowest BCUT2D eigenvalue weighted by atomic mass is 10.1. The Bertz CT molecular complexity index is 885. The Morgan fingerprint density at radius 1 is 1.03 bits per heavy atom. The zero-order chi connectivity index (χ0) is 20.1. The van der Waals surface area contributed by atoms with Crippen LogP contribution in [0.3, 0.4) is 0 Å². The number of hydrogen-bond acceptors (Lipinski definition) is 3. The highest BCUT2D eigenvalue weighted by Gasteiger charge is 2.24. The van der Waals surface area contributed by atoms with E-state index >= 15 is 0 Å². The Morgan fingerprint density at radius 2 is 1.83 bits per heavy atom. The predicted molar refractivity (Wildman–Crippen MR) is 121 cm³/mol. The average molecular weight is 410 g/mol. The number of benzene rings is 2. The van der Waals surface area contributed by atoms with E-state index in [0.717, 1.165) is 23.4 Å². The van der Waals surface area contributed by atoms with Gasteiger partial charge in [-0.25, -0.2) is 0 Å². The van der Waals surface area contributed by atoms with Crippen molar-refractivity contribution in [3.63, 3.8) is 0 Å². The van der Waals surface area contributed by atoms with Crippen molar-refractivity contribution in [1.82, 2.24) is 4.90 Å². The van der Waals surface area contributed by atoms with Crippen molar-refractivity contribution in [3.8, 4) is 0 Å². The van der Waals surface area contributed by atoms with Crippen molar-refractivity contribution in [2.24, 2.45) is 0 Å². The first-order valence-corrected chi connectivity index (χ1v) is 11.0. The second-order valence-electron chi connectivity index (χ2n) is 7.90. The fourth-order valence-corrected chi connectivity index (χ4v) is 4.25. The van der Waals surface area contributed by atoms with Crippen LogP contribution in [0.1, 0.15) is 43.2 Å². The summed E-state index contributed by atoms with van der Waals surface area (Å²) in [5.41, 5.74) is 4.56. The fourth-order valence-electron chi connectivity index (χ4n) is 4.07. The first-order chi connectivity index (χ1) is 14.2. The number of carbonyl (C=O) groups is 1. The molecular weight excluding hydrogens is 382 g/mol. The number of halogens is 1. The van der Waals surface area contributed by atoms with E-state index in [4.69, 9.17) is 11.6 Å². The molecule has 5 heteroatoms. The molecule has 1 amide bonds. The van der Waals surface area contributed by atoms with E-state index in [1.54, 1.807) is 12.3 Å². The number of anilines is 2. The fraction of sp³-hybridized carbons (Fsp3) is 0.375. The molecule has 2 heterocycles. The van der Waals surface area contributed by atoms with Crippen molar-refractivity contribution < 1.29 is 4.79 Å². The number of aryl methyl sites for hydroxylation is 1. The van der Waals surface area contributed by atoms with Gasteiger partial charge in [-0.2, -0.15) is 0 Å². The molecule has 0 aliphatic carbocycles. The Hall–Kier alpha value is -2.30. The Balaban J connectivity index is 1.28. The molecule has 0 unspecified atom stereocenters. The summed E-state index contributed by atoms with van der Waals surface area (Å²) in [5.74, 6) is -0.111. The number of fused-ring (bicyclic) bond motifs is 1. The number of hydrogen-bond donors (Lipinski definition) is 2. The highest BCUT2D eigenvalue weighted by Crippen LogP contribution is 2.33. The maximum Gasteiger partial charge on any atom is 0.257 e. The normalized spacial score (nSPS) is 18.0. The molecule has 1 saturated heterocycles. The summed E-state index contributed by atoms with van der Waals surface area (Å²) in [6.07, 6.45) is 9.50. The number of piperidine rings is 1. The van der Waals surface area contributed by atoms with Crippen LogP contribution in [0.25, 0.3) is 5.57 Å². The van der Waals surface area contributed by atoms with Gasteiger partial charge in [-0.3, -0.25) is 4.79 Å². The number of amides is 1. The molecule has 1 fully saturated rings. The van der Waals surface area contributed by atoms with Crippen LogP contribution >= 0.6 is 11.6 Å². The Morgan fingerprint density at radius 3 is 2.62 bits per heavy atom. The minimum Gasteiger partial charge on any atom is -0.361 e. The minimum absolute atomic E-state index is 0.111. The number of carbonyl (C=O) groups excluding carboxylic acids is 1. The van der Waals surface area contributed by atoms with Crippen LogP contribution in [0, 0.1) is 0 Å². The second kappa shape index (κ2) is 9.47. The maximum atomic E-state index is 12.2. The molecule has 0 spiro atoms. The third-order valence-electron chi connectivity index (χ3n) is 5.74. The van der Waals surface area contributed by atoms with Gasteiger partial charge in [-0.15, -0.1) is 0 Å². The molecule has 0 radical (unpaired) electrons. The molecular formula is C24H28ClN3O. The molecule has 4 nitrogen and oxygen atoms in total. The quantitative estimate of drug-likeness (QED) is 0.465. The summed E-state index contributed by atoms with van der Waals surface area (Å²) in [5, 5.41) is 6.73. The van der Waals surface area contributed by atoms with Crippen LogP contribution in [-0.2, 0) is 11.2 Å². The molecule has 2 aromatic rings. The first kappa shape index (κ1) is 20.0. The average Bonchev–Trinajstić information content (AvgIpc) is 3.05. The highest BCUT2D eigenvalue weighted by molar-refractivity contribution is 6.34. The maximum absolute atomic E-state index is 12.2. The van der Waals surface area contributed by atoms with Crippen LogP contribution in [-0.4, -0.2) is 30.4 Å². The zero-order valence-corrected chi connectivity index (χ0v) is 17.5. The van der Waals surface area contributed by atoms with Crippen LogP contribution < -0.4 is 10.6 Å². The van der Waals surface area contributed by atoms with E-state index in [9.17, 15) is 4.79 Å². The summed E-state index contributed by atoms with van der Waals surface area (Å²) < 4.78 is 0. The van der Waals surface area contributed by atoms with Crippen molar-refractivity contribution in [1.29, 1.82) is 0 Å². The zero-order valence-electron chi connectivity index (χ0n) is 16.7. The lowest BCUT2D eigenvalue weighted by Gasteiger charge is -2.26. The molecule has 2 aliphatic heterocycles. The molecule has 152 valence electrons. The number of unbranched alkanes of at least 4 members (excludes halogenated alkanes) is 1. The third-order valence-corrected chi connectivity index (χ3v) is 5.98. The smallest absolute Gasteiger partial charge is 0.257 e. The molecule has 4 rings (SSSR count). The summed E-state index contributed by atoms with van der Waals surface area (Å²) in [6.45, 7) is 3.80. The minimum atomic E-state index is -0.111. The predicted octanol–water partition coefficient (Wildman–Crippen LogP) is 5.55. The van der Waals surface area contributed by atoms with Gasteiger partial charge in [0.25, 0.3) is 5.91 Å². The van der Waals surface area contributed by atoms with E-state index in [-0.39, 0.29) is 5.91 Å². The van der Waals surface area contributed by atoms with Crippen molar-refractivity contribution in [2.75, 3.05) is 30.3 Å². The van der Waals surface area contributed by atoms with Gasteiger partial charge in [-0.1, -0.05) is 30.2 Å². The first-order valence-electron chi connectivity index (χ1n) is 10.6. The Kier molecular flexibility index (Phi) is 6.53. The van der Waals surface area contributed by atoms with E-state index in [0.29, 0.717) is 10.6 Å².